The van der Waals surface area contributed by atoms with E-state index in [0.29, 0.717) is 19.7 Å². The quantitative estimate of drug-likeness (QED) is 0.467. The van der Waals surface area contributed by atoms with Crippen molar-refractivity contribution in [2.24, 2.45) is 5.73 Å². The van der Waals surface area contributed by atoms with Gasteiger partial charge in [-0.25, -0.2) is 0 Å². The molecule has 0 aromatic heterocycles. The molecule has 14 heavy (non-hydrogen) atoms. The largest absolute Gasteiger partial charge is 0.383 e. The van der Waals surface area contributed by atoms with E-state index in [0.717, 1.165) is 0 Å². The highest BCUT2D eigenvalue weighted by molar-refractivity contribution is 5.81. The van der Waals surface area contributed by atoms with Crippen LogP contribution < -0.4 is 16.4 Å². The van der Waals surface area contributed by atoms with Crippen LogP contribution in [0.5, 0.6) is 0 Å². The summed E-state index contributed by atoms with van der Waals surface area (Å²) in [5.74, 6) is -0.0256. The molecule has 0 heterocycles. The molecule has 0 bridgehead atoms. The molecule has 2 atom stereocenters. The van der Waals surface area contributed by atoms with Gasteiger partial charge in [0.05, 0.1) is 12.6 Å². The van der Waals surface area contributed by atoms with Crippen molar-refractivity contribution < 1.29 is 9.53 Å². The Kier molecular flexibility index (Phi) is 7.37. The number of rotatable bonds is 7. The van der Waals surface area contributed by atoms with E-state index >= 15 is 0 Å². The van der Waals surface area contributed by atoms with Gasteiger partial charge in [-0.1, -0.05) is 0 Å². The summed E-state index contributed by atoms with van der Waals surface area (Å²) in [6.07, 6.45) is 0. The van der Waals surface area contributed by atoms with Crippen LogP contribution in [0.1, 0.15) is 13.8 Å². The standard InChI is InChI=1S/C9H21N3O2/c1-7(6-10)12-8(2)9(13)11-4-5-14-3/h7-8,12H,4-6,10H2,1-3H3,(H,11,13). The van der Waals surface area contributed by atoms with E-state index in [-0.39, 0.29) is 18.0 Å². The summed E-state index contributed by atoms with van der Waals surface area (Å²) in [7, 11) is 1.60. The lowest BCUT2D eigenvalue weighted by Gasteiger charge is -2.18. The molecule has 0 aliphatic rings. The maximum atomic E-state index is 11.4. The Morgan fingerprint density at radius 2 is 2.14 bits per heavy atom. The lowest BCUT2D eigenvalue weighted by atomic mass is 10.2. The molecule has 0 saturated heterocycles. The second-order valence-electron chi connectivity index (χ2n) is 3.31. The normalized spacial score (nSPS) is 14.9. The first kappa shape index (κ1) is 13.4. The molecule has 0 aliphatic heterocycles. The molecule has 0 aliphatic carbocycles. The Balaban J connectivity index is 3.64. The molecular weight excluding hydrogens is 182 g/mol. The first-order chi connectivity index (χ1) is 6.61. The number of carbonyl (C=O) groups excluding carboxylic acids is 1. The molecule has 0 saturated carbocycles. The molecule has 5 nitrogen and oxygen atoms in total. The Morgan fingerprint density at radius 3 is 2.64 bits per heavy atom. The predicted molar refractivity (Wildman–Crippen MR) is 56.0 cm³/mol. The summed E-state index contributed by atoms with van der Waals surface area (Å²) < 4.78 is 4.82. The second kappa shape index (κ2) is 7.73. The van der Waals surface area contributed by atoms with Gasteiger partial charge in [-0.3, -0.25) is 4.79 Å². The van der Waals surface area contributed by atoms with Crippen LogP contribution in [0.3, 0.4) is 0 Å². The van der Waals surface area contributed by atoms with Crippen LogP contribution in [-0.2, 0) is 9.53 Å². The van der Waals surface area contributed by atoms with Crippen molar-refractivity contribution in [1.82, 2.24) is 10.6 Å². The summed E-state index contributed by atoms with van der Waals surface area (Å²) in [4.78, 5) is 11.4. The first-order valence-electron chi connectivity index (χ1n) is 4.84. The van der Waals surface area contributed by atoms with Crippen LogP contribution in [0.25, 0.3) is 0 Å². The van der Waals surface area contributed by atoms with Gasteiger partial charge in [0.2, 0.25) is 5.91 Å². The molecule has 0 rings (SSSR count). The summed E-state index contributed by atoms with van der Waals surface area (Å²) in [6, 6.07) is -0.0661. The van der Waals surface area contributed by atoms with Crippen LogP contribution in [0.15, 0.2) is 0 Å². The average Bonchev–Trinajstić information content (AvgIpc) is 2.17. The van der Waals surface area contributed by atoms with Crippen molar-refractivity contribution in [2.75, 3.05) is 26.8 Å². The summed E-state index contributed by atoms with van der Waals surface area (Å²) in [5, 5.41) is 5.82. The highest BCUT2D eigenvalue weighted by Crippen LogP contribution is 1.85. The van der Waals surface area contributed by atoms with E-state index in [2.05, 4.69) is 10.6 Å². The summed E-state index contributed by atoms with van der Waals surface area (Å²) >= 11 is 0. The highest BCUT2D eigenvalue weighted by Gasteiger charge is 2.13. The fraction of sp³-hybridized carbons (Fsp3) is 0.889. The van der Waals surface area contributed by atoms with Crippen LogP contribution in [0.2, 0.25) is 0 Å². The van der Waals surface area contributed by atoms with Gasteiger partial charge in [-0.05, 0) is 13.8 Å². The molecule has 0 spiro atoms. The molecule has 0 radical (unpaired) electrons. The summed E-state index contributed by atoms with van der Waals surface area (Å²) in [6.45, 7) is 5.35. The monoisotopic (exact) mass is 203 g/mol. The molecule has 84 valence electrons. The van der Waals surface area contributed by atoms with Gasteiger partial charge in [0.25, 0.3) is 0 Å². The van der Waals surface area contributed by atoms with Crippen molar-refractivity contribution in [2.45, 2.75) is 25.9 Å². The Hall–Kier alpha value is -0.650. The van der Waals surface area contributed by atoms with Crippen molar-refractivity contribution >= 4 is 5.91 Å². The Labute approximate surface area is 85.4 Å². The zero-order valence-corrected chi connectivity index (χ0v) is 9.17. The summed E-state index contributed by atoms with van der Waals surface area (Å²) in [5.41, 5.74) is 5.43. The van der Waals surface area contributed by atoms with Gasteiger partial charge in [0.15, 0.2) is 0 Å². The molecule has 1 amide bonds. The van der Waals surface area contributed by atoms with Crippen LogP contribution in [0, 0.1) is 0 Å². The SMILES string of the molecule is COCCNC(=O)C(C)NC(C)CN. The van der Waals surface area contributed by atoms with Crippen molar-refractivity contribution in [3.8, 4) is 0 Å². The van der Waals surface area contributed by atoms with Gasteiger partial charge in [0, 0.05) is 26.2 Å². The molecule has 5 heteroatoms. The minimum absolute atomic E-state index is 0.0256. The first-order valence-corrected chi connectivity index (χ1v) is 4.84. The van der Waals surface area contributed by atoms with Gasteiger partial charge < -0.3 is 21.1 Å². The van der Waals surface area contributed by atoms with Gasteiger partial charge >= 0.3 is 0 Å². The highest BCUT2D eigenvalue weighted by atomic mass is 16.5. The Morgan fingerprint density at radius 1 is 1.50 bits per heavy atom. The van der Waals surface area contributed by atoms with Crippen LogP contribution in [0.4, 0.5) is 0 Å². The number of nitrogens with one attached hydrogen (secondary N) is 2. The third-order valence-electron chi connectivity index (χ3n) is 1.89. The average molecular weight is 203 g/mol. The van der Waals surface area contributed by atoms with E-state index in [4.69, 9.17) is 10.5 Å². The van der Waals surface area contributed by atoms with Crippen molar-refractivity contribution in [3.63, 3.8) is 0 Å². The fourth-order valence-corrected chi connectivity index (χ4v) is 1.000. The lowest BCUT2D eigenvalue weighted by molar-refractivity contribution is -0.123. The number of carbonyl (C=O) groups is 1. The molecule has 4 N–H and O–H groups in total. The van der Waals surface area contributed by atoms with Crippen LogP contribution >= 0.6 is 0 Å². The topological polar surface area (TPSA) is 76.4 Å². The number of methoxy groups -OCH3 is 1. The fourth-order valence-electron chi connectivity index (χ4n) is 1.000. The van der Waals surface area contributed by atoms with E-state index < -0.39 is 0 Å². The molecule has 2 unspecified atom stereocenters. The molecular formula is C9H21N3O2. The van der Waals surface area contributed by atoms with Gasteiger partial charge in [-0.2, -0.15) is 0 Å². The molecule has 0 aromatic rings. The zero-order valence-electron chi connectivity index (χ0n) is 9.17. The van der Waals surface area contributed by atoms with Crippen LogP contribution in [-0.4, -0.2) is 44.8 Å². The van der Waals surface area contributed by atoms with Crippen molar-refractivity contribution in [1.29, 1.82) is 0 Å². The molecule has 0 fully saturated rings. The Bertz CT molecular complexity index is 164. The number of amides is 1. The smallest absolute Gasteiger partial charge is 0.236 e. The number of hydrogen-bond acceptors (Lipinski definition) is 4. The minimum Gasteiger partial charge on any atom is -0.383 e. The predicted octanol–water partition coefficient (Wildman–Crippen LogP) is -0.926. The number of hydrogen-bond donors (Lipinski definition) is 3. The number of nitrogens with two attached hydrogens (primary N) is 1. The minimum atomic E-state index is -0.217. The zero-order chi connectivity index (χ0) is 11.0. The second-order valence-corrected chi connectivity index (χ2v) is 3.31. The van der Waals surface area contributed by atoms with Gasteiger partial charge in [-0.15, -0.1) is 0 Å². The van der Waals surface area contributed by atoms with E-state index in [1.54, 1.807) is 7.11 Å². The lowest BCUT2D eigenvalue weighted by Crippen LogP contribution is -2.48. The third-order valence-corrected chi connectivity index (χ3v) is 1.89. The molecule has 0 aromatic carbocycles. The van der Waals surface area contributed by atoms with E-state index in [9.17, 15) is 4.79 Å². The maximum absolute atomic E-state index is 11.4. The van der Waals surface area contributed by atoms with Crippen molar-refractivity contribution in [3.05, 3.63) is 0 Å². The van der Waals surface area contributed by atoms with E-state index in [1.807, 2.05) is 13.8 Å². The maximum Gasteiger partial charge on any atom is 0.236 e. The third kappa shape index (κ3) is 5.90. The van der Waals surface area contributed by atoms with E-state index in [1.165, 1.54) is 0 Å². The van der Waals surface area contributed by atoms with Gasteiger partial charge in [0.1, 0.15) is 0 Å². The number of ether oxygens (including phenoxy) is 1.